The first kappa shape index (κ1) is 23.5. The molecule has 0 spiro atoms. The van der Waals surface area contributed by atoms with Gasteiger partial charge in [-0.15, -0.1) is 0 Å². The van der Waals surface area contributed by atoms with Gasteiger partial charge >= 0.3 is 0 Å². The molecule has 4 aromatic heterocycles. The second-order valence-corrected chi connectivity index (χ2v) is 8.98. The Hall–Kier alpha value is -4.88. The van der Waals surface area contributed by atoms with Crippen LogP contribution in [0.25, 0.3) is 39.4 Å². The zero-order valence-electron chi connectivity index (χ0n) is 20.7. The lowest BCUT2D eigenvalue weighted by Crippen LogP contribution is -2.22. The molecule has 0 radical (unpaired) electrons. The van der Waals surface area contributed by atoms with E-state index in [-0.39, 0.29) is 5.56 Å². The summed E-state index contributed by atoms with van der Waals surface area (Å²) in [5.74, 6) is 1.11. The molecule has 7 heteroatoms. The zero-order valence-corrected chi connectivity index (χ0v) is 20.7. The molecule has 7 nitrogen and oxygen atoms in total. The van der Waals surface area contributed by atoms with Crippen LogP contribution in [-0.2, 0) is 13.1 Å². The number of hydrogen-bond acceptors (Lipinski definition) is 5. The highest BCUT2D eigenvalue weighted by Crippen LogP contribution is 2.26. The highest BCUT2D eigenvalue weighted by atomic mass is 16.1. The van der Waals surface area contributed by atoms with Crippen LogP contribution in [0.4, 0.5) is 0 Å². The van der Waals surface area contributed by atoms with Crippen LogP contribution in [0.2, 0.25) is 0 Å². The fourth-order valence-electron chi connectivity index (χ4n) is 4.62. The number of aromatic nitrogens is 5. The minimum absolute atomic E-state index is 0.137. The monoisotopic (exact) mass is 498 g/mol. The summed E-state index contributed by atoms with van der Waals surface area (Å²) in [6.45, 7) is 2.50. The molecule has 1 N–H and O–H groups in total. The van der Waals surface area contributed by atoms with Gasteiger partial charge in [0.05, 0.1) is 10.9 Å². The largest absolute Gasteiger partial charge is 0.346 e. The number of benzene rings is 2. The van der Waals surface area contributed by atoms with Gasteiger partial charge < -0.3 is 9.88 Å². The van der Waals surface area contributed by atoms with Gasteiger partial charge in [0.2, 0.25) is 0 Å². The topological polar surface area (TPSA) is 77.6 Å². The fraction of sp³-hybridized carbons (Fsp3) is 0.0968. The van der Waals surface area contributed by atoms with Crippen molar-refractivity contribution in [3.8, 4) is 28.5 Å². The summed E-state index contributed by atoms with van der Waals surface area (Å²) in [7, 11) is 0. The van der Waals surface area contributed by atoms with Crippen molar-refractivity contribution < 1.29 is 0 Å². The van der Waals surface area contributed by atoms with E-state index in [1.54, 1.807) is 16.8 Å². The minimum atomic E-state index is -0.137. The van der Waals surface area contributed by atoms with Gasteiger partial charge in [0, 0.05) is 55.7 Å². The number of nitrogens with zero attached hydrogens (tertiary/aromatic N) is 5. The lowest BCUT2D eigenvalue weighted by atomic mass is 10.1. The van der Waals surface area contributed by atoms with Crippen LogP contribution in [0.3, 0.4) is 0 Å². The summed E-state index contributed by atoms with van der Waals surface area (Å²) in [6, 6.07) is 29.4. The van der Waals surface area contributed by atoms with Crippen molar-refractivity contribution in [1.29, 1.82) is 0 Å². The Labute approximate surface area is 220 Å². The standard InChI is InChI=1S/C31H26N6O/c38-31-26-6-1-2-7-27(26)35-30(37(31)29-9-3-4-16-34-29)25-12-10-24(11-13-25)28-8-5-20-36(28)21-19-33-22-23-14-17-32-18-15-23/h1-18,20,33H,19,21-22H2. The molecular formula is C31H26N6O. The average molecular weight is 499 g/mol. The predicted molar refractivity (Wildman–Crippen MR) is 150 cm³/mol. The molecule has 0 saturated carbocycles. The highest BCUT2D eigenvalue weighted by molar-refractivity contribution is 5.80. The molecule has 0 aliphatic carbocycles. The molecule has 0 aliphatic rings. The number of fused-ring (bicyclic) bond motifs is 1. The third-order valence-electron chi connectivity index (χ3n) is 6.53. The maximum atomic E-state index is 13.5. The minimum Gasteiger partial charge on any atom is -0.346 e. The van der Waals surface area contributed by atoms with Gasteiger partial charge in [-0.3, -0.25) is 9.78 Å². The van der Waals surface area contributed by atoms with Gasteiger partial charge in [0.25, 0.3) is 5.56 Å². The van der Waals surface area contributed by atoms with Crippen molar-refractivity contribution in [3.05, 3.63) is 132 Å². The maximum Gasteiger partial charge on any atom is 0.267 e. The molecular weight excluding hydrogens is 472 g/mol. The van der Waals surface area contributed by atoms with Crippen LogP contribution >= 0.6 is 0 Å². The summed E-state index contributed by atoms with van der Waals surface area (Å²) in [6.07, 6.45) is 7.41. The first-order valence-electron chi connectivity index (χ1n) is 12.6. The van der Waals surface area contributed by atoms with Crippen LogP contribution in [0.1, 0.15) is 5.56 Å². The second kappa shape index (κ2) is 10.6. The third-order valence-corrected chi connectivity index (χ3v) is 6.53. The predicted octanol–water partition coefficient (Wildman–Crippen LogP) is 5.10. The van der Waals surface area contributed by atoms with E-state index in [4.69, 9.17) is 4.98 Å². The van der Waals surface area contributed by atoms with E-state index in [2.05, 4.69) is 50.3 Å². The first-order chi connectivity index (χ1) is 18.8. The van der Waals surface area contributed by atoms with Gasteiger partial charge in [-0.25, -0.2) is 14.5 Å². The van der Waals surface area contributed by atoms with Crippen molar-refractivity contribution in [3.63, 3.8) is 0 Å². The van der Waals surface area contributed by atoms with Crippen molar-refractivity contribution in [2.45, 2.75) is 13.1 Å². The van der Waals surface area contributed by atoms with Gasteiger partial charge in [-0.2, -0.15) is 0 Å². The van der Waals surface area contributed by atoms with Crippen molar-refractivity contribution in [2.24, 2.45) is 0 Å². The summed E-state index contributed by atoms with van der Waals surface area (Å²) >= 11 is 0. The Balaban J connectivity index is 1.28. The summed E-state index contributed by atoms with van der Waals surface area (Å²) in [5, 5.41) is 4.06. The maximum absolute atomic E-state index is 13.5. The van der Waals surface area contributed by atoms with E-state index in [9.17, 15) is 4.79 Å². The molecule has 0 saturated heterocycles. The fourth-order valence-corrected chi connectivity index (χ4v) is 4.62. The van der Waals surface area contributed by atoms with Gasteiger partial charge in [0.15, 0.2) is 0 Å². The molecule has 0 bridgehead atoms. The molecule has 0 amide bonds. The smallest absolute Gasteiger partial charge is 0.267 e. The number of nitrogens with one attached hydrogen (secondary N) is 1. The van der Waals surface area contributed by atoms with Crippen LogP contribution in [0.15, 0.2) is 121 Å². The molecule has 0 fully saturated rings. The SMILES string of the molecule is O=c1c2ccccc2nc(-c2ccc(-c3cccn3CCNCc3ccncc3)cc2)n1-c1ccccn1. The number of para-hydroxylation sites is 1. The molecule has 6 aromatic rings. The van der Waals surface area contributed by atoms with E-state index in [1.165, 1.54) is 5.56 Å². The van der Waals surface area contributed by atoms with Crippen LogP contribution < -0.4 is 10.9 Å². The molecule has 0 unspecified atom stereocenters. The third kappa shape index (κ3) is 4.75. The first-order valence-corrected chi connectivity index (χ1v) is 12.6. The Morgan fingerprint density at radius 3 is 2.37 bits per heavy atom. The van der Waals surface area contributed by atoms with E-state index < -0.39 is 0 Å². The highest BCUT2D eigenvalue weighted by Gasteiger charge is 2.15. The molecule has 0 atom stereocenters. The summed E-state index contributed by atoms with van der Waals surface area (Å²) in [5.41, 5.74) is 4.82. The van der Waals surface area contributed by atoms with Gasteiger partial charge in [-0.05, 0) is 59.7 Å². The molecule has 186 valence electrons. The molecule has 2 aromatic carbocycles. The lowest BCUT2D eigenvalue weighted by Gasteiger charge is -2.14. The lowest BCUT2D eigenvalue weighted by molar-refractivity contribution is 0.602. The van der Waals surface area contributed by atoms with Crippen molar-refractivity contribution in [1.82, 2.24) is 29.4 Å². The van der Waals surface area contributed by atoms with Crippen LogP contribution in [-0.4, -0.2) is 30.6 Å². The van der Waals surface area contributed by atoms with Gasteiger partial charge in [-0.1, -0.05) is 42.5 Å². The van der Waals surface area contributed by atoms with Gasteiger partial charge in [0.1, 0.15) is 11.6 Å². The normalized spacial score (nSPS) is 11.2. The quantitative estimate of drug-likeness (QED) is 0.296. The Kier molecular flexibility index (Phi) is 6.57. The van der Waals surface area contributed by atoms with Crippen LogP contribution in [0.5, 0.6) is 0 Å². The zero-order chi connectivity index (χ0) is 25.7. The van der Waals surface area contributed by atoms with E-state index in [1.807, 2.05) is 73.1 Å². The van der Waals surface area contributed by atoms with E-state index in [0.717, 1.165) is 36.5 Å². The molecule has 38 heavy (non-hydrogen) atoms. The number of hydrogen-bond donors (Lipinski definition) is 1. The average Bonchev–Trinajstić information content (AvgIpc) is 3.45. The number of rotatable bonds is 8. The van der Waals surface area contributed by atoms with Crippen LogP contribution in [0, 0.1) is 0 Å². The van der Waals surface area contributed by atoms with E-state index in [0.29, 0.717) is 22.5 Å². The molecule has 0 aliphatic heterocycles. The Morgan fingerprint density at radius 2 is 1.55 bits per heavy atom. The van der Waals surface area contributed by atoms with Crippen molar-refractivity contribution in [2.75, 3.05) is 6.54 Å². The Bertz CT molecular complexity index is 1720. The molecule has 4 heterocycles. The summed E-state index contributed by atoms with van der Waals surface area (Å²) < 4.78 is 3.83. The van der Waals surface area contributed by atoms with E-state index >= 15 is 0 Å². The number of pyridine rings is 2. The second-order valence-electron chi connectivity index (χ2n) is 8.98. The Morgan fingerprint density at radius 1 is 0.763 bits per heavy atom. The van der Waals surface area contributed by atoms with Crippen molar-refractivity contribution >= 4 is 10.9 Å². The summed E-state index contributed by atoms with van der Waals surface area (Å²) in [4.78, 5) is 26.9. The molecule has 6 rings (SSSR count).